The maximum absolute atomic E-state index is 13.4. The van der Waals surface area contributed by atoms with Crippen molar-refractivity contribution in [1.29, 1.82) is 0 Å². The number of pyridine rings is 1. The van der Waals surface area contributed by atoms with Gasteiger partial charge in [-0.25, -0.2) is 9.18 Å². The largest absolute Gasteiger partial charge is 0.465 e. The first-order valence-electron chi connectivity index (χ1n) is 8.71. The number of rotatable bonds is 4. The minimum absolute atomic E-state index is 0.0859. The fraction of sp³-hybridized carbons (Fsp3) is 0.182. The van der Waals surface area contributed by atoms with E-state index >= 15 is 0 Å². The van der Waals surface area contributed by atoms with E-state index in [1.54, 1.807) is 16.7 Å². The lowest BCUT2D eigenvalue weighted by Crippen LogP contribution is -2.19. The molecule has 0 aliphatic heterocycles. The Balaban J connectivity index is 2.26. The molecule has 0 N–H and O–H groups in total. The van der Waals surface area contributed by atoms with Crippen LogP contribution < -0.4 is 10.3 Å². The molecule has 28 heavy (non-hydrogen) atoms. The number of methoxy groups -OCH3 is 1. The van der Waals surface area contributed by atoms with Gasteiger partial charge < -0.3 is 14.2 Å². The van der Waals surface area contributed by atoms with Crippen molar-refractivity contribution in [1.82, 2.24) is 4.57 Å². The Labute approximate surface area is 162 Å². The van der Waals surface area contributed by atoms with Crippen LogP contribution in [0.3, 0.4) is 0 Å². The third-order valence-corrected chi connectivity index (χ3v) is 4.54. The lowest BCUT2D eigenvalue weighted by atomic mass is 10.0. The minimum atomic E-state index is -0.716. The normalized spacial score (nSPS) is 10.6. The molecule has 6 heteroatoms. The Morgan fingerprint density at radius 1 is 1.07 bits per heavy atom. The van der Waals surface area contributed by atoms with Crippen molar-refractivity contribution in [3.05, 3.63) is 81.9 Å². The number of ether oxygens (including phenoxy) is 1. The first-order chi connectivity index (χ1) is 13.3. The Hall–Kier alpha value is -3.41. The van der Waals surface area contributed by atoms with Gasteiger partial charge in [-0.2, -0.15) is 0 Å². The molecule has 0 aliphatic carbocycles. The molecule has 144 valence electrons. The van der Waals surface area contributed by atoms with Crippen LogP contribution in [0.2, 0.25) is 0 Å². The van der Waals surface area contributed by atoms with Crippen molar-refractivity contribution in [3.8, 4) is 16.9 Å². The highest BCUT2D eigenvalue weighted by atomic mass is 19.1. The van der Waals surface area contributed by atoms with E-state index in [4.69, 9.17) is 4.74 Å². The minimum Gasteiger partial charge on any atom is -0.465 e. The fourth-order valence-electron chi connectivity index (χ4n) is 3.15. The molecule has 0 spiro atoms. The first-order valence-corrected chi connectivity index (χ1v) is 8.71. The van der Waals surface area contributed by atoms with Crippen molar-refractivity contribution in [2.75, 3.05) is 26.1 Å². The summed E-state index contributed by atoms with van der Waals surface area (Å²) in [5, 5.41) is 0. The highest BCUT2D eigenvalue weighted by Crippen LogP contribution is 2.28. The average Bonchev–Trinajstić information content (AvgIpc) is 2.67. The molecule has 1 heterocycles. The van der Waals surface area contributed by atoms with Crippen LogP contribution in [0, 0.1) is 12.7 Å². The van der Waals surface area contributed by atoms with Gasteiger partial charge in [-0.1, -0.05) is 6.07 Å². The number of halogens is 1. The highest BCUT2D eigenvalue weighted by Gasteiger charge is 2.16. The summed E-state index contributed by atoms with van der Waals surface area (Å²) in [5.41, 5.74) is 3.60. The van der Waals surface area contributed by atoms with Gasteiger partial charge in [0.05, 0.1) is 12.8 Å². The summed E-state index contributed by atoms with van der Waals surface area (Å²) in [4.78, 5) is 26.5. The van der Waals surface area contributed by atoms with Crippen LogP contribution in [-0.2, 0) is 4.74 Å². The third-order valence-electron chi connectivity index (χ3n) is 4.54. The molecule has 0 aliphatic rings. The summed E-state index contributed by atoms with van der Waals surface area (Å²) in [6.45, 7) is 1.99. The Morgan fingerprint density at radius 2 is 1.75 bits per heavy atom. The van der Waals surface area contributed by atoms with E-state index in [0.717, 1.165) is 16.8 Å². The van der Waals surface area contributed by atoms with Crippen LogP contribution in [0.1, 0.15) is 15.9 Å². The van der Waals surface area contributed by atoms with E-state index in [1.807, 2.05) is 44.1 Å². The topological polar surface area (TPSA) is 51.5 Å². The number of hydrogen-bond acceptors (Lipinski definition) is 4. The van der Waals surface area contributed by atoms with Crippen LogP contribution in [0.4, 0.5) is 10.1 Å². The molecule has 0 fully saturated rings. The van der Waals surface area contributed by atoms with E-state index in [9.17, 15) is 14.0 Å². The first kappa shape index (κ1) is 19.4. The number of carbonyl (C=O) groups is 1. The number of nitrogens with zero attached hydrogens (tertiary/aromatic N) is 2. The molecule has 0 amide bonds. The van der Waals surface area contributed by atoms with Crippen LogP contribution in [-0.4, -0.2) is 31.7 Å². The number of aromatic nitrogens is 1. The predicted molar refractivity (Wildman–Crippen MR) is 108 cm³/mol. The highest BCUT2D eigenvalue weighted by molar-refractivity contribution is 5.89. The smallest absolute Gasteiger partial charge is 0.343 e. The predicted octanol–water partition coefficient (Wildman–Crippen LogP) is 3.80. The third kappa shape index (κ3) is 3.67. The van der Waals surface area contributed by atoms with E-state index < -0.39 is 11.4 Å². The molecule has 0 saturated carbocycles. The molecule has 3 aromatic rings. The Kier molecular flexibility index (Phi) is 5.31. The molecule has 2 aromatic carbocycles. The number of benzene rings is 2. The molecular formula is C22H21FN2O3. The van der Waals surface area contributed by atoms with E-state index in [1.165, 1.54) is 31.5 Å². The summed E-state index contributed by atoms with van der Waals surface area (Å²) in [6, 6.07) is 13.1. The second-order valence-corrected chi connectivity index (χ2v) is 6.67. The maximum atomic E-state index is 13.4. The molecule has 0 atom stereocenters. The molecule has 0 saturated heterocycles. The van der Waals surface area contributed by atoms with Crippen LogP contribution in [0.5, 0.6) is 0 Å². The molecule has 0 bridgehead atoms. The monoisotopic (exact) mass is 380 g/mol. The SMILES string of the molecule is COC(=O)c1cn(-c2ccc(F)cc2)c(-c2ccc(N(C)C)c(C)c2)cc1=O. The van der Waals surface area contributed by atoms with Crippen molar-refractivity contribution in [3.63, 3.8) is 0 Å². The second-order valence-electron chi connectivity index (χ2n) is 6.67. The summed E-state index contributed by atoms with van der Waals surface area (Å²) in [7, 11) is 5.14. The van der Waals surface area contributed by atoms with Gasteiger partial charge >= 0.3 is 5.97 Å². The quantitative estimate of drug-likeness (QED) is 0.646. The van der Waals surface area contributed by atoms with Gasteiger partial charge in [0.2, 0.25) is 0 Å². The van der Waals surface area contributed by atoms with E-state index in [2.05, 4.69) is 0 Å². The average molecular weight is 380 g/mol. The molecule has 0 radical (unpaired) electrons. The summed E-state index contributed by atoms with van der Waals surface area (Å²) >= 11 is 0. The van der Waals surface area contributed by atoms with Crippen molar-refractivity contribution >= 4 is 11.7 Å². The second kappa shape index (κ2) is 7.68. The zero-order chi connectivity index (χ0) is 20.4. The van der Waals surface area contributed by atoms with Crippen LogP contribution >= 0.6 is 0 Å². The van der Waals surface area contributed by atoms with Crippen LogP contribution in [0.15, 0.2) is 59.5 Å². The Morgan fingerprint density at radius 3 is 2.32 bits per heavy atom. The summed E-state index contributed by atoms with van der Waals surface area (Å²) in [5.74, 6) is -1.09. The Bertz CT molecular complexity index is 1090. The van der Waals surface area contributed by atoms with Gasteiger partial charge in [-0.15, -0.1) is 0 Å². The van der Waals surface area contributed by atoms with Gasteiger partial charge in [-0.3, -0.25) is 4.79 Å². The van der Waals surface area contributed by atoms with Gasteiger partial charge in [0.25, 0.3) is 0 Å². The number of anilines is 1. The van der Waals surface area contributed by atoms with Gasteiger partial charge in [0.1, 0.15) is 11.4 Å². The van der Waals surface area contributed by atoms with E-state index in [-0.39, 0.29) is 11.4 Å². The number of aryl methyl sites for hydroxylation is 1. The summed E-state index contributed by atoms with van der Waals surface area (Å²) < 4.78 is 19.8. The number of carbonyl (C=O) groups excluding carboxylic acids is 1. The van der Waals surface area contributed by atoms with Gasteiger partial charge in [-0.05, 0) is 54.4 Å². The summed E-state index contributed by atoms with van der Waals surface area (Å²) in [6.07, 6.45) is 1.44. The maximum Gasteiger partial charge on any atom is 0.343 e. The lowest BCUT2D eigenvalue weighted by Gasteiger charge is -2.19. The van der Waals surface area contributed by atoms with Crippen LogP contribution in [0.25, 0.3) is 16.9 Å². The number of hydrogen-bond donors (Lipinski definition) is 0. The zero-order valence-electron chi connectivity index (χ0n) is 16.2. The van der Waals surface area contributed by atoms with Crippen molar-refractivity contribution in [2.24, 2.45) is 0 Å². The van der Waals surface area contributed by atoms with Gasteiger partial charge in [0, 0.05) is 37.7 Å². The molecule has 0 unspecified atom stereocenters. The molecule has 3 rings (SSSR count). The molecule has 5 nitrogen and oxygen atoms in total. The number of esters is 1. The molecular weight excluding hydrogens is 359 g/mol. The fourth-order valence-corrected chi connectivity index (χ4v) is 3.15. The van der Waals surface area contributed by atoms with E-state index in [0.29, 0.717) is 11.4 Å². The standard InChI is InChI=1S/C22H21FN2O3/c1-14-11-15(5-10-19(14)24(2)3)20-12-21(26)18(22(27)28-4)13-25(20)17-8-6-16(23)7-9-17/h5-13H,1-4H3. The van der Waals surface area contributed by atoms with Gasteiger partial charge in [0.15, 0.2) is 5.43 Å². The van der Waals surface area contributed by atoms with Crippen molar-refractivity contribution in [2.45, 2.75) is 6.92 Å². The lowest BCUT2D eigenvalue weighted by molar-refractivity contribution is 0.0598. The zero-order valence-corrected chi connectivity index (χ0v) is 16.2. The van der Waals surface area contributed by atoms with Crippen molar-refractivity contribution < 1.29 is 13.9 Å². The molecule has 1 aromatic heterocycles.